The van der Waals surface area contributed by atoms with Crippen LogP contribution in [-0.2, 0) is 19.9 Å². The average Bonchev–Trinajstić information content (AvgIpc) is 2.15. The molecule has 0 aromatic carbocycles. The third-order valence-electron chi connectivity index (χ3n) is 1.56. The lowest BCUT2D eigenvalue weighted by molar-refractivity contribution is 0.584. The van der Waals surface area contributed by atoms with Crippen molar-refractivity contribution in [2.24, 2.45) is 5.14 Å². The van der Waals surface area contributed by atoms with Crippen molar-refractivity contribution in [1.82, 2.24) is 10.2 Å². The summed E-state index contributed by atoms with van der Waals surface area (Å²) in [7, 11) is -7.63. The molecule has 0 unspecified atom stereocenters. The third-order valence-corrected chi connectivity index (χ3v) is 4.39. The van der Waals surface area contributed by atoms with Crippen LogP contribution in [0.3, 0.4) is 0 Å². The first-order chi connectivity index (χ1) is 7.21. The molecule has 0 aliphatic carbocycles. The number of sulfonamides is 1. The molecular weight excluding hydrogens is 278 g/mol. The summed E-state index contributed by atoms with van der Waals surface area (Å²) in [5, 5.41) is 11.1. The molecule has 1 aromatic heterocycles. The van der Waals surface area contributed by atoms with Gasteiger partial charge < -0.3 is 0 Å². The Kier molecular flexibility index (Phi) is 3.84. The maximum absolute atomic E-state index is 11.5. The Bertz CT molecular complexity index is 566. The molecule has 2 N–H and O–H groups in total. The summed E-state index contributed by atoms with van der Waals surface area (Å²) in [5.74, 6) is -1.30. The summed E-state index contributed by atoms with van der Waals surface area (Å²) < 4.78 is 44.3. The molecule has 0 radical (unpaired) electrons. The van der Waals surface area contributed by atoms with E-state index in [0.717, 1.165) is 6.07 Å². The van der Waals surface area contributed by atoms with Crippen molar-refractivity contribution in [3.8, 4) is 0 Å². The Morgan fingerprint density at radius 2 is 1.75 bits per heavy atom. The van der Waals surface area contributed by atoms with Crippen LogP contribution >= 0.6 is 11.6 Å². The molecule has 0 aliphatic heterocycles. The van der Waals surface area contributed by atoms with Gasteiger partial charge in [0.15, 0.2) is 20.0 Å². The largest absolute Gasteiger partial charge is 0.229 e. The molecule has 90 valence electrons. The van der Waals surface area contributed by atoms with E-state index in [-0.39, 0.29) is 10.2 Å². The fourth-order valence-electron chi connectivity index (χ4n) is 0.800. The Morgan fingerprint density at radius 1 is 1.12 bits per heavy atom. The molecule has 0 amide bonds. The molecule has 16 heavy (non-hydrogen) atoms. The van der Waals surface area contributed by atoms with E-state index in [9.17, 15) is 16.8 Å². The van der Waals surface area contributed by atoms with Crippen molar-refractivity contribution in [3.63, 3.8) is 0 Å². The van der Waals surface area contributed by atoms with E-state index < -0.39 is 31.4 Å². The second-order valence-electron chi connectivity index (χ2n) is 2.88. The molecule has 0 atom stereocenters. The Balaban J connectivity index is 2.91. The normalized spacial score (nSPS) is 12.6. The quantitative estimate of drug-likeness (QED) is 0.772. The summed E-state index contributed by atoms with van der Waals surface area (Å²) >= 11 is 5.43. The van der Waals surface area contributed by atoms with Gasteiger partial charge in [0.2, 0.25) is 10.0 Å². The molecule has 0 spiro atoms. The molecule has 0 bridgehead atoms. The van der Waals surface area contributed by atoms with E-state index in [0.29, 0.717) is 0 Å². The first-order valence-corrected chi connectivity index (χ1v) is 7.68. The number of primary sulfonamides is 1. The number of aromatic nitrogens is 2. The summed E-state index contributed by atoms with van der Waals surface area (Å²) in [6.45, 7) is 0. The Hall–Kier alpha value is -0.770. The number of hydrogen-bond acceptors (Lipinski definition) is 6. The smallest absolute Gasteiger partial charge is 0.210 e. The van der Waals surface area contributed by atoms with Gasteiger partial charge in [-0.25, -0.2) is 22.0 Å². The predicted molar refractivity (Wildman–Crippen MR) is 57.1 cm³/mol. The topological polar surface area (TPSA) is 120 Å². The molecule has 0 saturated carbocycles. The van der Waals surface area contributed by atoms with Crippen molar-refractivity contribution in [2.45, 2.75) is 5.03 Å². The van der Waals surface area contributed by atoms with Crippen LogP contribution in [0.1, 0.15) is 0 Å². The van der Waals surface area contributed by atoms with Crippen molar-refractivity contribution in [1.29, 1.82) is 0 Å². The average molecular weight is 286 g/mol. The number of rotatable bonds is 4. The fraction of sp³-hybridized carbons (Fsp3) is 0.333. The van der Waals surface area contributed by atoms with Gasteiger partial charge in [-0.05, 0) is 12.1 Å². The molecular formula is C6H8ClN3O4S2. The highest BCUT2D eigenvalue weighted by molar-refractivity contribution is 7.94. The highest BCUT2D eigenvalue weighted by Crippen LogP contribution is 2.09. The first-order valence-electron chi connectivity index (χ1n) is 3.93. The molecule has 0 saturated heterocycles. The van der Waals surface area contributed by atoms with Gasteiger partial charge in [-0.15, -0.1) is 10.2 Å². The minimum Gasteiger partial charge on any atom is -0.229 e. The van der Waals surface area contributed by atoms with Crippen LogP contribution in [0, 0.1) is 0 Å². The summed E-state index contributed by atoms with van der Waals surface area (Å²) in [6.07, 6.45) is 0. The van der Waals surface area contributed by atoms with E-state index in [1.165, 1.54) is 6.07 Å². The number of halogens is 1. The fourth-order valence-corrected chi connectivity index (χ4v) is 3.36. The zero-order valence-electron chi connectivity index (χ0n) is 7.87. The van der Waals surface area contributed by atoms with Gasteiger partial charge in [-0.2, -0.15) is 0 Å². The van der Waals surface area contributed by atoms with E-state index in [1.54, 1.807) is 0 Å². The molecule has 1 aromatic rings. The van der Waals surface area contributed by atoms with Crippen LogP contribution < -0.4 is 5.14 Å². The van der Waals surface area contributed by atoms with Crippen LogP contribution in [0.5, 0.6) is 0 Å². The van der Waals surface area contributed by atoms with Crippen molar-refractivity contribution < 1.29 is 16.8 Å². The number of hydrogen-bond donors (Lipinski definition) is 1. The molecule has 0 fully saturated rings. The molecule has 1 heterocycles. The number of nitrogens with two attached hydrogens (primary N) is 1. The van der Waals surface area contributed by atoms with Gasteiger partial charge in [0, 0.05) is 0 Å². The van der Waals surface area contributed by atoms with E-state index in [4.69, 9.17) is 16.7 Å². The van der Waals surface area contributed by atoms with Gasteiger partial charge in [0.1, 0.15) is 0 Å². The highest BCUT2D eigenvalue weighted by atomic mass is 35.5. The third kappa shape index (κ3) is 4.00. The number of nitrogens with zero attached hydrogens (tertiary/aromatic N) is 2. The maximum Gasteiger partial charge on any atom is 0.210 e. The first kappa shape index (κ1) is 13.3. The molecule has 10 heteroatoms. The van der Waals surface area contributed by atoms with Gasteiger partial charge in [-0.1, -0.05) is 11.6 Å². The van der Waals surface area contributed by atoms with Gasteiger partial charge in [-0.3, -0.25) is 0 Å². The zero-order valence-corrected chi connectivity index (χ0v) is 10.3. The lowest BCUT2D eigenvalue weighted by atomic mass is 10.6. The molecule has 0 aliphatic rings. The highest BCUT2D eigenvalue weighted by Gasteiger charge is 2.19. The monoisotopic (exact) mass is 285 g/mol. The summed E-state index contributed by atoms with van der Waals surface area (Å²) in [6, 6.07) is 2.40. The van der Waals surface area contributed by atoms with E-state index in [2.05, 4.69) is 10.2 Å². The molecule has 1 rings (SSSR count). The van der Waals surface area contributed by atoms with Crippen LogP contribution in [0.15, 0.2) is 17.2 Å². The summed E-state index contributed by atoms with van der Waals surface area (Å²) in [4.78, 5) is 0. The molecule has 7 nitrogen and oxygen atoms in total. The van der Waals surface area contributed by atoms with E-state index in [1.807, 2.05) is 0 Å². The van der Waals surface area contributed by atoms with Crippen LogP contribution in [0.2, 0.25) is 5.15 Å². The van der Waals surface area contributed by atoms with Crippen molar-refractivity contribution in [2.75, 3.05) is 11.5 Å². The zero-order chi connectivity index (χ0) is 12.4. The van der Waals surface area contributed by atoms with Crippen LogP contribution in [-0.4, -0.2) is 38.5 Å². The van der Waals surface area contributed by atoms with Crippen LogP contribution in [0.25, 0.3) is 0 Å². The van der Waals surface area contributed by atoms with Crippen molar-refractivity contribution in [3.05, 3.63) is 17.3 Å². The number of sulfone groups is 1. The summed E-state index contributed by atoms with van der Waals surface area (Å²) in [5.41, 5.74) is 0. The van der Waals surface area contributed by atoms with Crippen molar-refractivity contribution >= 4 is 31.5 Å². The van der Waals surface area contributed by atoms with E-state index >= 15 is 0 Å². The minimum absolute atomic E-state index is 0.0467. The Labute approximate surface area is 97.6 Å². The second-order valence-corrected chi connectivity index (χ2v) is 7.06. The second kappa shape index (κ2) is 4.62. The Morgan fingerprint density at radius 3 is 2.19 bits per heavy atom. The minimum atomic E-state index is -3.83. The van der Waals surface area contributed by atoms with Crippen LogP contribution in [0.4, 0.5) is 0 Å². The standard InChI is InChI=1S/C6H8ClN3O4S2/c7-5-1-2-6(10-9-5)15(11,12)3-4-16(8,13)14/h1-2H,3-4H2,(H2,8,13,14). The maximum atomic E-state index is 11.5. The van der Waals surface area contributed by atoms with Gasteiger partial charge in [0.05, 0.1) is 11.5 Å². The van der Waals surface area contributed by atoms with Gasteiger partial charge >= 0.3 is 0 Å². The SMILES string of the molecule is NS(=O)(=O)CCS(=O)(=O)c1ccc(Cl)nn1. The predicted octanol–water partition coefficient (Wildman–Crippen LogP) is -0.808. The lowest BCUT2D eigenvalue weighted by Crippen LogP contribution is -2.23. The lowest BCUT2D eigenvalue weighted by Gasteiger charge is -2.01. The van der Waals surface area contributed by atoms with Gasteiger partial charge in [0.25, 0.3) is 0 Å².